The second kappa shape index (κ2) is 5.97. The predicted molar refractivity (Wildman–Crippen MR) is 100 cm³/mol. The molecule has 0 bridgehead atoms. The van der Waals surface area contributed by atoms with Crippen LogP contribution in [0.2, 0.25) is 0 Å². The summed E-state index contributed by atoms with van der Waals surface area (Å²) in [5.74, 6) is -0.147. The van der Waals surface area contributed by atoms with Crippen LogP contribution in [-0.4, -0.2) is 16.0 Å². The minimum absolute atomic E-state index is 0.147. The zero-order valence-corrected chi connectivity index (χ0v) is 15.0. The molecule has 0 aliphatic heterocycles. The number of hydrogen-bond donors (Lipinski definition) is 1. The third-order valence-electron chi connectivity index (χ3n) is 4.17. The van der Waals surface area contributed by atoms with Crippen LogP contribution in [0.5, 0.6) is 0 Å². The van der Waals surface area contributed by atoms with Crippen molar-refractivity contribution in [1.82, 2.24) is 10.1 Å². The minimum atomic E-state index is -0.147. The zero-order valence-electron chi connectivity index (χ0n) is 14.2. The van der Waals surface area contributed by atoms with Gasteiger partial charge in [0.15, 0.2) is 10.7 Å². The van der Waals surface area contributed by atoms with Crippen molar-refractivity contribution in [2.45, 2.75) is 27.2 Å². The monoisotopic (exact) mass is 351 g/mol. The highest BCUT2D eigenvalue weighted by atomic mass is 32.1. The average molecular weight is 351 g/mol. The first kappa shape index (κ1) is 15.8. The molecule has 0 spiro atoms. The van der Waals surface area contributed by atoms with Crippen molar-refractivity contribution >= 4 is 43.6 Å². The van der Waals surface area contributed by atoms with Gasteiger partial charge < -0.3 is 9.84 Å². The molecule has 0 fully saturated rings. The molecule has 0 aliphatic carbocycles. The van der Waals surface area contributed by atoms with Gasteiger partial charge in [0.05, 0.1) is 16.6 Å². The van der Waals surface area contributed by atoms with E-state index in [1.165, 1.54) is 11.3 Å². The number of carbonyl (C=O) groups is 1. The van der Waals surface area contributed by atoms with Gasteiger partial charge in [-0.2, -0.15) is 0 Å². The quantitative estimate of drug-likeness (QED) is 0.588. The van der Waals surface area contributed by atoms with Gasteiger partial charge in [0.25, 0.3) is 0 Å². The number of rotatable bonds is 3. The fourth-order valence-electron chi connectivity index (χ4n) is 3.02. The van der Waals surface area contributed by atoms with Gasteiger partial charge in [0.2, 0.25) is 5.91 Å². The van der Waals surface area contributed by atoms with E-state index in [1.54, 1.807) is 0 Å². The summed E-state index contributed by atoms with van der Waals surface area (Å²) in [6.45, 7) is 6.01. The van der Waals surface area contributed by atoms with Gasteiger partial charge in [0, 0.05) is 5.39 Å². The molecule has 2 aromatic heterocycles. The summed E-state index contributed by atoms with van der Waals surface area (Å²) in [7, 11) is 0. The first-order valence-corrected chi connectivity index (χ1v) is 8.84. The van der Waals surface area contributed by atoms with Crippen molar-refractivity contribution < 1.29 is 9.32 Å². The molecule has 1 N–H and O–H groups in total. The van der Waals surface area contributed by atoms with Crippen LogP contribution in [0.3, 0.4) is 0 Å². The second-order valence-electron chi connectivity index (χ2n) is 6.25. The summed E-state index contributed by atoms with van der Waals surface area (Å²) in [6, 6.07) is 10.1. The van der Waals surface area contributed by atoms with Gasteiger partial charge in [-0.25, -0.2) is 4.98 Å². The molecular formula is C19H17N3O2S. The number of para-hydroxylation sites is 1. The summed E-state index contributed by atoms with van der Waals surface area (Å²) in [5, 5.41) is 8.46. The van der Waals surface area contributed by atoms with Crippen molar-refractivity contribution in [3.8, 4) is 0 Å². The van der Waals surface area contributed by atoms with Gasteiger partial charge >= 0.3 is 0 Å². The number of nitrogens with zero attached hydrogens (tertiary/aromatic N) is 2. The second-order valence-corrected chi connectivity index (χ2v) is 7.28. The van der Waals surface area contributed by atoms with Crippen LogP contribution in [0.1, 0.15) is 22.4 Å². The van der Waals surface area contributed by atoms with Crippen LogP contribution in [0.15, 0.2) is 34.9 Å². The van der Waals surface area contributed by atoms with E-state index in [9.17, 15) is 4.79 Å². The van der Waals surface area contributed by atoms with E-state index in [4.69, 9.17) is 4.52 Å². The SMILES string of the molecule is Cc1cc(C)c2onc(CC(=O)Nc3nc4c(C)cccc4s3)c2c1. The Morgan fingerprint density at radius 3 is 2.84 bits per heavy atom. The van der Waals surface area contributed by atoms with E-state index < -0.39 is 0 Å². The van der Waals surface area contributed by atoms with E-state index >= 15 is 0 Å². The van der Waals surface area contributed by atoms with Crippen molar-refractivity contribution in [2.75, 3.05) is 5.32 Å². The molecule has 0 saturated heterocycles. The molecule has 2 heterocycles. The number of nitrogens with one attached hydrogen (secondary N) is 1. The molecule has 4 aromatic rings. The average Bonchev–Trinajstić information content (AvgIpc) is 3.12. The van der Waals surface area contributed by atoms with Crippen LogP contribution in [0, 0.1) is 20.8 Å². The number of anilines is 1. The van der Waals surface area contributed by atoms with Crippen molar-refractivity contribution in [2.24, 2.45) is 0 Å². The molecule has 25 heavy (non-hydrogen) atoms. The normalized spacial score (nSPS) is 11.3. The Morgan fingerprint density at radius 2 is 2.04 bits per heavy atom. The van der Waals surface area contributed by atoms with Gasteiger partial charge in [-0.3, -0.25) is 4.79 Å². The van der Waals surface area contributed by atoms with Crippen molar-refractivity contribution in [3.05, 3.63) is 52.7 Å². The van der Waals surface area contributed by atoms with E-state index in [0.29, 0.717) is 10.8 Å². The van der Waals surface area contributed by atoms with E-state index in [-0.39, 0.29) is 12.3 Å². The first-order chi connectivity index (χ1) is 12.0. The molecule has 4 rings (SSSR count). The Morgan fingerprint density at radius 1 is 1.20 bits per heavy atom. The summed E-state index contributed by atoms with van der Waals surface area (Å²) in [5.41, 5.74) is 5.57. The van der Waals surface area contributed by atoms with Gasteiger partial charge in [-0.15, -0.1) is 0 Å². The largest absolute Gasteiger partial charge is 0.356 e. The Balaban J connectivity index is 1.58. The molecule has 6 heteroatoms. The minimum Gasteiger partial charge on any atom is -0.356 e. The fourth-order valence-corrected chi connectivity index (χ4v) is 3.98. The van der Waals surface area contributed by atoms with Crippen molar-refractivity contribution in [3.63, 3.8) is 0 Å². The Labute approximate surface area is 148 Å². The highest BCUT2D eigenvalue weighted by Crippen LogP contribution is 2.28. The van der Waals surface area contributed by atoms with Crippen molar-refractivity contribution in [1.29, 1.82) is 0 Å². The lowest BCUT2D eigenvalue weighted by Gasteiger charge is -2.00. The number of thiazole rings is 1. The maximum absolute atomic E-state index is 12.4. The number of aromatic nitrogens is 2. The van der Waals surface area contributed by atoms with E-state index in [2.05, 4.69) is 15.5 Å². The number of amides is 1. The molecule has 1 amide bonds. The van der Waals surface area contributed by atoms with Crippen LogP contribution in [0.25, 0.3) is 21.2 Å². The van der Waals surface area contributed by atoms with E-state index in [1.807, 2.05) is 51.1 Å². The molecule has 126 valence electrons. The molecular weight excluding hydrogens is 334 g/mol. The summed E-state index contributed by atoms with van der Waals surface area (Å²) < 4.78 is 6.47. The molecule has 5 nitrogen and oxygen atoms in total. The fraction of sp³-hybridized carbons (Fsp3) is 0.211. The molecule has 0 unspecified atom stereocenters. The first-order valence-electron chi connectivity index (χ1n) is 8.03. The van der Waals surface area contributed by atoms with Gasteiger partial charge in [-0.05, 0) is 49.6 Å². The Bertz CT molecular complexity index is 1110. The smallest absolute Gasteiger partial charge is 0.232 e. The van der Waals surface area contributed by atoms with Crippen LogP contribution in [0.4, 0.5) is 5.13 Å². The standard InChI is InChI=1S/C19H17N3O2S/c1-10-7-12(3)18-13(8-10)14(22-24-18)9-16(23)20-19-21-17-11(2)5-4-6-15(17)25-19/h4-8H,9H2,1-3H3,(H,20,21,23). The maximum atomic E-state index is 12.4. The zero-order chi connectivity index (χ0) is 17.6. The Hall–Kier alpha value is -2.73. The molecule has 0 saturated carbocycles. The topological polar surface area (TPSA) is 68.0 Å². The lowest BCUT2D eigenvalue weighted by Crippen LogP contribution is -2.14. The van der Waals surface area contributed by atoms with E-state index in [0.717, 1.165) is 37.9 Å². The van der Waals surface area contributed by atoms with Gasteiger partial charge in [-0.1, -0.05) is 34.7 Å². The lowest BCUT2D eigenvalue weighted by atomic mass is 10.1. The number of aryl methyl sites for hydroxylation is 3. The highest BCUT2D eigenvalue weighted by Gasteiger charge is 2.16. The lowest BCUT2D eigenvalue weighted by molar-refractivity contribution is -0.115. The maximum Gasteiger partial charge on any atom is 0.232 e. The predicted octanol–water partition coefficient (Wildman–Crippen LogP) is 4.54. The van der Waals surface area contributed by atoms with Crippen LogP contribution in [-0.2, 0) is 11.2 Å². The van der Waals surface area contributed by atoms with Gasteiger partial charge in [0.1, 0.15) is 5.69 Å². The summed E-state index contributed by atoms with van der Waals surface area (Å²) in [4.78, 5) is 16.9. The summed E-state index contributed by atoms with van der Waals surface area (Å²) >= 11 is 1.47. The molecule has 0 aliphatic rings. The number of fused-ring (bicyclic) bond motifs is 2. The van der Waals surface area contributed by atoms with Crippen LogP contribution < -0.4 is 5.32 Å². The summed E-state index contributed by atoms with van der Waals surface area (Å²) in [6.07, 6.45) is 0.158. The number of benzene rings is 2. The third kappa shape index (κ3) is 2.89. The molecule has 0 radical (unpaired) electrons. The number of carbonyl (C=O) groups excluding carboxylic acids is 1. The number of hydrogen-bond acceptors (Lipinski definition) is 5. The molecule has 2 aromatic carbocycles. The Kier molecular flexibility index (Phi) is 3.77. The third-order valence-corrected chi connectivity index (χ3v) is 5.11. The van der Waals surface area contributed by atoms with Crippen LogP contribution >= 0.6 is 11.3 Å². The molecule has 0 atom stereocenters. The highest BCUT2D eigenvalue weighted by molar-refractivity contribution is 7.22.